The highest BCUT2D eigenvalue weighted by Crippen LogP contribution is 2.16. The molecule has 0 radical (unpaired) electrons. The number of hydrogen-bond donors (Lipinski definition) is 1. The van der Waals surface area contributed by atoms with Crippen molar-refractivity contribution in [2.75, 3.05) is 0 Å². The molecule has 0 aliphatic heterocycles. The van der Waals surface area contributed by atoms with Gasteiger partial charge in [-0.05, 0) is 45.6 Å². The molecule has 104 valence electrons. The molecule has 1 aromatic rings. The number of rotatable bonds is 2. The minimum absolute atomic E-state index is 0.177. The van der Waals surface area contributed by atoms with Gasteiger partial charge in [-0.1, -0.05) is 19.3 Å². The van der Waals surface area contributed by atoms with Crippen LogP contribution in [0, 0.1) is 13.8 Å². The molecular formula is C15H22N2O2. The Balaban J connectivity index is 1.96. The Kier molecular flexibility index (Phi) is 4.77. The molecule has 1 fully saturated rings. The lowest BCUT2D eigenvalue weighted by atomic mass is 9.99. The number of furan rings is 1. The summed E-state index contributed by atoms with van der Waals surface area (Å²) in [6.07, 6.45) is 8.23. The molecule has 0 saturated heterocycles. The first-order valence-corrected chi connectivity index (χ1v) is 7.09. The second-order valence-corrected chi connectivity index (χ2v) is 5.21. The maximum atomic E-state index is 12.0. The number of nitrogens with one attached hydrogen (secondary N) is 1. The molecule has 4 heteroatoms. The van der Waals surface area contributed by atoms with Crippen molar-refractivity contribution in [2.24, 2.45) is 5.10 Å². The van der Waals surface area contributed by atoms with Crippen molar-refractivity contribution in [3.8, 4) is 0 Å². The zero-order chi connectivity index (χ0) is 13.7. The van der Waals surface area contributed by atoms with Crippen LogP contribution in [-0.4, -0.2) is 11.6 Å². The van der Waals surface area contributed by atoms with Crippen LogP contribution in [0.3, 0.4) is 0 Å². The minimum atomic E-state index is -0.177. The molecule has 2 rings (SSSR count). The van der Waals surface area contributed by atoms with Crippen LogP contribution in [0.5, 0.6) is 0 Å². The number of nitrogens with zero attached hydrogens (tertiary/aromatic N) is 1. The third kappa shape index (κ3) is 3.94. The molecule has 1 aromatic heterocycles. The van der Waals surface area contributed by atoms with Crippen LogP contribution < -0.4 is 5.43 Å². The molecule has 0 bridgehead atoms. The molecule has 1 aliphatic carbocycles. The number of carbonyl (C=O) groups is 1. The van der Waals surface area contributed by atoms with Gasteiger partial charge < -0.3 is 4.42 Å². The van der Waals surface area contributed by atoms with Gasteiger partial charge in [-0.15, -0.1) is 0 Å². The van der Waals surface area contributed by atoms with Crippen LogP contribution in [0.2, 0.25) is 0 Å². The van der Waals surface area contributed by atoms with Crippen molar-refractivity contribution in [2.45, 2.75) is 58.8 Å². The molecule has 1 saturated carbocycles. The maximum Gasteiger partial charge on any atom is 0.274 e. The van der Waals surface area contributed by atoms with Crippen molar-refractivity contribution >= 4 is 11.6 Å². The first-order valence-electron chi connectivity index (χ1n) is 7.09. The minimum Gasteiger partial charge on any atom is -0.466 e. The van der Waals surface area contributed by atoms with Crippen molar-refractivity contribution in [1.82, 2.24) is 5.43 Å². The summed E-state index contributed by atoms with van der Waals surface area (Å²) in [5.41, 5.74) is 4.35. The second kappa shape index (κ2) is 6.55. The van der Waals surface area contributed by atoms with Crippen molar-refractivity contribution < 1.29 is 9.21 Å². The summed E-state index contributed by atoms with van der Waals surface area (Å²) >= 11 is 0. The summed E-state index contributed by atoms with van der Waals surface area (Å²) in [6, 6.07) is 1.75. The van der Waals surface area contributed by atoms with Crippen LogP contribution in [0.25, 0.3) is 0 Å². The number of hydrazone groups is 1. The third-order valence-corrected chi connectivity index (χ3v) is 3.53. The normalized spacial score (nSPS) is 16.6. The van der Waals surface area contributed by atoms with E-state index >= 15 is 0 Å². The summed E-state index contributed by atoms with van der Waals surface area (Å²) < 4.78 is 5.35. The molecule has 4 nitrogen and oxygen atoms in total. The Hall–Kier alpha value is -1.58. The van der Waals surface area contributed by atoms with Crippen LogP contribution in [0.4, 0.5) is 0 Å². The van der Waals surface area contributed by atoms with Gasteiger partial charge in [0, 0.05) is 5.71 Å². The van der Waals surface area contributed by atoms with Crippen molar-refractivity contribution in [1.29, 1.82) is 0 Å². The van der Waals surface area contributed by atoms with Gasteiger partial charge in [-0.2, -0.15) is 5.10 Å². The van der Waals surface area contributed by atoms with Gasteiger partial charge >= 0.3 is 0 Å². The van der Waals surface area contributed by atoms with Crippen LogP contribution in [0.15, 0.2) is 15.6 Å². The zero-order valence-corrected chi connectivity index (χ0v) is 11.8. The van der Waals surface area contributed by atoms with E-state index < -0.39 is 0 Å². The Bertz CT molecular complexity index is 464. The topological polar surface area (TPSA) is 54.6 Å². The van der Waals surface area contributed by atoms with E-state index in [1.807, 2.05) is 6.92 Å². The van der Waals surface area contributed by atoms with E-state index in [0.29, 0.717) is 11.3 Å². The monoisotopic (exact) mass is 262 g/mol. The molecule has 1 heterocycles. The summed E-state index contributed by atoms with van der Waals surface area (Å²) in [4.78, 5) is 12.0. The lowest BCUT2D eigenvalue weighted by Gasteiger charge is -2.10. The summed E-state index contributed by atoms with van der Waals surface area (Å²) in [5.74, 6) is 1.22. The summed E-state index contributed by atoms with van der Waals surface area (Å²) in [5, 5.41) is 4.29. The fourth-order valence-corrected chi connectivity index (χ4v) is 2.47. The maximum absolute atomic E-state index is 12.0. The van der Waals surface area contributed by atoms with Gasteiger partial charge in [0.05, 0.1) is 5.56 Å². The molecule has 1 aliphatic rings. The van der Waals surface area contributed by atoms with E-state index in [4.69, 9.17) is 4.42 Å². The molecule has 0 unspecified atom stereocenters. The van der Waals surface area contributed by atoms with E-state index in [9.17, 15) is 4.79 Å². The van der Waals surface area contributed by atoms with E-state index in [2.05, 4.69) is 10.5 Å². The highest BCUT2D eigenvalue weighted by Gasteiger charge is 2.13. The zero-order valence-electron chi connectivity index (χ0n) is 11.8. The van der Waals surface area contributed by atoms with Gasteiger partial charge in [0.1, 0.15) is 11.5 Å². The number of carbonyl (C=O) groups excluding carboxylic acids is 1. The van der Waals surface area contributed by atoms with Gasteiger partial charge in [0.2, 0.25) is 0 Å². The molecule has 19 heavy (non-hydrogen) atoms. The van der Waals surface area contributed by atoms with E-state index in [1.165, 1.54) is 32.1 Å². The highest BCUT2D eigenvalue weighted by molar-refractivity contribution is 5.96. The third-order valence-electron chi connectivity index (χ3n) is 3.53. The van der Waals surface area contributed by atoms with Crippen molar-refractivity contribution in [3.05, 3.63) is 23.2 Å². The average Bonchev–Trinajstić information content (AvgIpc) is 2.67. The van der Waals surface area contributed by atoms with Gasteiger partial charge in [0.15, 0.2) is 0 Å². The lowest BCUT2D eigenvalue weighted by Crippen LogP contribution is -2.20. The molecule has 1 N–H and O–H groups in total. The Morgan fingerprint density at radius 1 is 1.16 bits per heavy atom. The Labute approximate surface area is 114 Å². The second-order valence-electron chi connectivity index (χ2n) is 5.21. The van der Waals surface area contributed by atoms with Gasteiger partial charge in [-0.25, -0.2) is 5.43 Å². The number of amides is 1. The predicted molar refractivity (Wildman–Crippen MR) is 75.4 cm³/mol. The first-order chi connectivity index (χ1) is 9.16. The Morgan fingerprint density at radius 2 is 1.79 bits per heavy atom. The van der Waals surface area contributed by atoms with E-state index in [1.54, 1.807) is 13.0 Å². The molecule has 0 aromatic carbocycles. The van der Waals surface area contributed by atoms with Crippen LogP contribution in [0.1, 0.15) is 66.8 Å². The fourth-order valence-electron chi connectivity index (χ4n) is 2.47. The average molecular weight is 262 g/mol. The lowest BCUT2D eigenvalue weighted by molar-refractivity contribution is 0.0953. The van der Waals surface area contributed by atoms with Crippen LogP contribution >= 0.6 is 0 Å². The first kappa shape index (κ1) is 13.8. The number of aryl methyl sites for hydroxylation is 2. The fraction of sp³-hybridized carbons (Fsp3) is 0.600. The molecule has 0 spiro atoms. The highest BCUT2D eigenvalue weighted by atomic mass is 16.3. The van der Waals surface area contributed by atoms with Crippen LogP contribution in [-0.2, 0) is 0 Å². The number of hydrogen-bond acceptors (Lipinski definition) is 3. The van der Waals surface area contributed by atoms with Gasteiger partial charge in [0.25, 0.3) is 5.91 Å². The standard InChI is InChI=1S/C15H22N2O2/c1-11-10-14(12(2)19-11)15(18)17-16-13-8-6-4-3-5-7-9-13/h10H,3-9H2,1-2H3,(H,17,18). The largest absolute Gasteiger partial charge is 0.466 e. The quantitative estimate of drug-likeness (QED) is 0.826. The predicted octanol–water partition coefficient (Wildman–Crippen LogP) is 3.73. The smallest absolute Gasteiger partial charge is 0.274 e. The van der Waals surface area contributed by atoms with Gasteiger partial charge in [-0.3, -0.25) is 4.79 Å². The van der Waals surface area contributed by atoms with E-state index in [0.717, 1.165) is 24.3 Å². The summed E-state index contributed by atoms with van der Waals surface area (Å²) in [7, 11) is 0. The molecule has 0 atom stereocenters. The van der Waals surface area contributed by atoms with Crippen molar-refractivity contribution in [3.63, 3.8) is 0 Å². The SMILES string of the molecule is Cc1cc(C(=O)NN=C2CCCCCCC2)c(C)o1. The Morgan fingerprint density at radius 3 is 2.37 bits per heavy atom. The van der Waals surface area contributed by atoms with E-state index in [-0.39, 0.29) is 5.91 Å². The molecular weight excluding hydrogens is 240 g/mol. The summed E-state index contributed by atoms with van der Waals surface area (Å²) in [6.45, 7) is 3.63. The molecule has 1 amide bonds.